The van der Waals surface area contributed by atoms with Gasteiger partial charge in [0.15, 0.2) is 17.5 Å². The number of carbonyl (C=O) groups is 3. The van der Waals surface area contributed by atoms with E-state index in [1.165, 1.54) is 11.3 Å². The first kappa shape index (κ1) is 18.5. The van der Waals surface area contributed by atoms with Crippen molar-refractivity contribution in [2.45, 2.75) is 24.8 Å². The van der Waals surface area contributed by atoms with Gasteiger partial charge in [-0.2, -0.15) is 0 Å². The van der Waals surface area contributed by atoms with Gasteiger partial charge in [0, 0.05) is 10.4 Å². The van der Waals surface area contributed by atoms with E-state index >= 15 is 0 Å². The Labute approximate surface area is 161 Å². The van der Waals surface area contributed by atoms with Crippen LogP contribution in [0.1, 0.15) is 23.3 Å². The molecule has 2 N–H and O–H groups in total. The summed E-state index contributed by atoms with van der Waals surface area (Å²) in [6, 6.07) is 2.58. The molecule has 1 aliphatic carbocycles. The predicted octanol–water partition coefficient (Wildman–Crippen LogP) is 2.89. The lowest BCUT2D eigenvalue weighted by Crippen LogP contribution is -2.46. The van der Waals surface area contributed by atoms with Crippen molar-refractivity contribution in [3.8, 4) is 0 Å². The molecule has 1 atom stereocenters. The van der Waals surface area contributed by atoms with Crippen LogP contribution >= 0.6 is 11.3 Å². The number of imide groups is 1. The summed E-state index contributed by atoms with van der Waals surface area (Å²) < 4.78 is 40.0. The Morgan fingerprint density at radius 3 is 2.79 bits per heavy atom. The second-order valence-corrected chi connectivity index (χ2v) is 7.61. The van der Waals surface area contributed by atoms with Gasteiger partial charge in [0.25, 0.3) is 5.91 Å². The molecule has 1 aromatic heterocycles. The Morgan fingerprint density at radius 2 is 2.00 bits per heavy atom. The van der Waals surface area contributed by atoms with Crippen LogP contribution in [0.15, 0.2) is 23.6 Å². The zero-order valence-electron chi connectivity index (χ0n) is 14.4. The minimum Gasteiger partial charge on any atom is -0.322 e. The van der Waals surface area contributed by atoms with Crippen molar-refractivity contribution in [3.05, 3.63) is 51.5 Å². The number of amides is 4. The molecule has 2 heterocycles. The highest BCUT2D eigenvalue weighted by Crippen LogP contribution is 2.42. The summed E-state index contributed by atoms with van der Waals surface area (Å²) in [6.07, 6.45) is 1.94. The zero-order chi connectivity index (χ0) is 20.1. The van der Waals surface area contributed by atoms with E-state index in [9.17, 15) is 27.6 Å². The van der Waals surface area contributed by atoms with Crippen LogP contribution in [0.25, 0.3) is 0 Å². The number of hydrogen-bond acceptors (Lipinski definition) is 4. The summed E-state index contributed by atoms with van der Waals surface area (Å²) in [4.78, 5) is 39.3. The summed E-state index contributed by atoms with van der Waals surface area (Å²) in [5, 5.41) is 6.59. The van der Waals surface area contributed by atoms with Crippen LogP contribution in [0.5, 0.6) is 0 Å². The molecule has 0 bridgehead atoms. The molecule has 2 aliphatic rings. The molecule has 2 aromatic rings. The molecular formula is C18H14F3N3O3S. The number of nitrogens with zero attached hydrogens (tertiary/aromatic N) is 1. The Kier molecular flexibility index (Phi) is 4.37. The smallest absolute Gasteiger partial charge is 0.322 e. The maximum absolute atomic E-state index is 13.7. The highest BCUT2D eigenvalue weighted by atomic mass is 32.1. The predicted molar refractivity (Wildman–Crippen MR) is 94.1 cm³/mol. The standard InChI is InChI=1S/C18H14F3N3O3S/c19-10-3-4-11(15(21)14(10)20)22-13(25)8-24-16(26)18(23-17(24)27)6-1-2-12-9(18)5-7-28-12/h3-5,7H,1-2,6,8H2,(H,22,25)(H,23,27)/t18-/m1/s1. The van der Waals surface area contributed by atoms with Gasteiger partial charge in [-0.25, -0.2) is 18.0 Å². The fourth-order valence-corrected chi connectivity index (χ4v) is 4.64. The van der Waals surface area contributed by atoms with Crippen molar-refractivity contribution in [2.24, 2.45) is 0 Å². The molecular weight excluding hydrogens is 395 g/mol. The summed E-state index contributed by atoms with van der Waals surface area (Å²) in [7, 11) is 0. The fourth-order valence-electron chi connectivity index (χ4n) is 3.64. The Hall–Kier alpha value is -2.88. The molecule has 28 heavy (non-hydrogen) atoms. The average molecular weight is 409 g/mol. The molecule has 146 valence electrons. The molecule has 4 rings (SSSR count). The number of thiophene rings is 1. The van der Waals surface area contributed by atoms with Crippen molar-refractivity contribution < 1.29 is 27.6 Å². The molecule has 1 aromatic carbocycles. The van der Waals surface area contributed by atoms with Gasteiger partial charge in [0.1, 0.15) is 12.1 Å². The van der Waals surface area contributed by atoms with E-state index in [2.05, 4.69) is 10.6 Å². The van der Waals surface area contributed by atoms with Gasteiger partial charge in [-0.15, -0.1) is 11.3 Å². The number of carbonyl (C=O) groups excluding carboxylic acids is 3. The van der Waals surface area contributed by atoms with Crippen molar-refractivity contribution in [1.82, 2.24) is 10.2 Å². The summed E-state index contributed by atoms with van der Waals surface area (Å²) in [6.45, 7) is -0.676. The van der Waals surface area contributed by atoms with Crippen LogP contribution in [-0.4, -0.2) is 29.3 Å². The summed E-state index contributed by atoms with van der Waals surface area (Å²) in [5.74, 6) is -6.14. The molecule has 1 saturated heterocycles. The summed E-state index contributed by atoms with van der Waals surface area (Å²) in [5.41, 5.74) is -1.04. The number of nitrogens with one attached hydrogen (secondary N) is 2. The second-order valence-electron chi connectivity index (χ2n) is 6.61. The van der Waals surface area contributed by atoms with Gasteiger partial charge in [0.05, 0.1) is 5.69 Å². The number of urea groups is 1. The van der Waals surface area contributed by atoms with E-state index in [-0.39, 0.29) is 0 Å². The van der Waals surface area contributed by atoms with Crippen LogP contribution < -0.4 is 10.6 Å². The normalized spacial score (nSPS) is 21.0. The minimum atomic E-state index is -1.72. The lowest BCUT2D eigenvalue weighted by atomic mass is 9.80. The molecule has 10 heteroatoms. The van der Waals surface area contributed by atoms with Crippen LogP contribution in [0.2, 0.25) is 0 Å². The lowest BCUT2D eigenvalue weighted by Gasteiger charge is -2.31. The van der Waals surface area contributed by atoms with E-state index in [0.717, 1.165) is 27.8 Å². The number of aryl methyl sites for hydroxylation is 1. The molecule has 4 amide bonds. The highest BCUT2D eigenvalue weighted by molar-refractivity contribution is 7.10. The quantitative estimate of drug-likeness (QED) is 0.605. The van der Waals surface area contributed by atoms with Crippen molar-refractivity contribution in [3.63, 3.8) is 0 Å². The second kappa shape index (κ2) is 6.62. The number of fused-ring (bicyclic) bond motifs is 2. The van der Waals surface area contributed by atoms with Gasteiger partial charge >= 0.3 is 6.03 Å². The van der Waals surface area contributed by atoms with E-state index < -0.39 is 53.1 Å². The third kappa shape index (κ3) is 2.75. The number of benzene rings is 1. The van der Waals surface area contributed by atoms with Gasteiger partial charge < -0.3 is 10.6 Å². The third-order valence-electron chi connectivity index (χ3n) is 4.95. The maximum atomic E-state index is 13.7. The SMILES string of the molecule is O=C(CN1C(=O)N[C@@]2(CCCc3sccc32)C1=O)Nc1ccc(F)c(F)c1F. The van der Waals surface area contributed by atoms with E-state index in [1.54, 1.807) is 6.07 Å². The average Bonchev–Trinajstić information content (AvgIpc) is 3.23. The molecule has 1 aliphatic heterocycles. The van der Waals surface area contributed by atoms with E-state index in [4.69, 9.17) is 0 Å². The molecule has 1 fully saturated rings. The Morgan fingerprint density at radius 1 is 1.21 bits per heavy atom. The van der Waals surface area contributed by atoms with Gasteiger partial charge in [-0.1, -0.05) is 0 Å². The zero-order valence-corrected chi connectivity index (χ0v) is 15.2. The van der Waals surface area contributed by atoms with Gasteiger partial charge in [-0.05, 0) is 42.8 Å². The van der Waals surface area contributed by atoms with Crippen LogP contribution in [0.4, 0.5) is 23.7 Å². The molecule has 6 nitrogen and oxygen atoms in total. The largest absolute Gasteiger partial charge is 0.325 e. The highest BCUT2D eigenvalue weighted by Gasteiger charge is 2.54. The van der Waals surface area contributed by atoms with Crippen molar-refractivity contribution in [2.75, 3.05) is 11.9 Å². The van der Waals surface area contributed by atoms with Crippen LogP contribution in [0, 0.1) is 17.5 Å². The third-order valence-corrected chi connectivity index (χ3v) is 5.93. The first-order chi connectivity index (χ1) is 13.3. The van der Waals surface area contributed by atoms with Crippen LogP contribution in [-0.2, 0) is 21.5 Å². The lowest BCUT2D eigenvalue weighted by molar-refractivity contribution is -0.134. The minimum absolute atomic E-state index is 0.414. The number of hydrogen-bond donors (Lipinski definition) is 2. The Bertz CT molecular complexity index is 1010. The first-order valence-electron chi connectivity index (χ1n) is 8.48. The van der Waals surface area contributed by atoms with Crippen molar-refractivity contribution >= 4 is 34.9 Å². The van der Waals surface area contributed by atoms with Crippen LogP contribution in [0.3, 0.4) is 0 Å². The monoisotopic (exact) mass is 409 g/mol. The fraction of sp³-hybridized carbons (Fsp3) is 0.278. The molecule has 1 spiro atoms. The number of rotatable bonds is 3. The Balaban J connectivity index is 1.54. The van der Waals surface area contributed by atoms with Crippen molar-refractivity contribution in [1.29, 1.82) is 0 Å². The van der Waals surface area contributed by atoms with Gasteiger partial charge in [-0.3, -0.25) is 14.5 Å². The molecule has 0 radical (unpaired) electrons. The maximum Gasteiger partial charge on any atom is 0.325 e. The number of halogens is 3. The van der Waals surface area contributed by atoms with E-state index in [0.29, 0.717) is 18.9 Å². The van der Waals surface area contributed by atoms with Gasteiger partial charge in [0.2, 0.25) is 5.91 Å². The number of anilines is 1. The topological polar surface area (TPSA) is 78.5 Å². The van der Waals surface area contributed by atoms with E-state index in [1.807, 2.05) is 5.38 Å². The molecule has 0 saturated carbocycles. The molecule has 0 unspecified atom stereocenters. The summed E-state index contributed by atoms with van der Waals surface area (Å²) >= 11 is 1.50. The first-order valence-corrected chi connectivity index (χ1v) is 9.36.